The smallest absolute Gasteiger partial charge is 0.275 e. The number of amides is 1. The molecular formula is C19H17BrN2O2S. The van der Waals surface area contributed by atoms with Crippen molar-refractivity contribution in [2.24, 2.45) is 0 Å². The molecule has 1 heterocycles. The Morgan fingerprint density at radius 2 is 2.00 bits per heavy atom. The van der Waals surface area contributed by atoms with Crippen molar-refractivity contribution in [1.29, 1.82) is 0 Å². The molecule has 128 valence electrons. The van der Waals surface area contributed by atoms with Crippen molar-refractivity contribution >= 4 is 38.9 Å². The van der Waals surface area contributed by atoms with E-state index in [0.29, 0.717) is 12.1 Å². The lowest BCUT2D eigenvalue weighted by atomic mass is 10.1. The fraction of sp³-hybridized carbons (Fsp3) is 0.158. The summed E-state index contributed by atoms with van der Waals surface area (Å²) in [4.78, 5) is 16.8. The monoisotopic (exact) mass is 416 g/mol. The lowest BCUT2D eigenvalue weighted by Crippen LogP contribution is -2.12. The van der Waals surface area contributed by atoms with Crippen LogP contribution < -0.4 is 10.1 Å². The number of anilines is 1. The highest BCUT2D eigenvalue weighted by Gasteiger charge is 2.12. The van der Waals surface area contributed by atoms with Gasteiger partial charge in [0.1, 0.15) is 11.4 Å². The largest absolute Gasteiger partial charge is 0.497 e. The minimum atomic E-state index is -0.201. The third kappa shape index (κ3) is 4.46. The Hall–Kier alpha value is -2.18. The summed E-state index contributed by atoms with van der Waals surface area (Å²) in [6.07, 6.45) is 0.692. The molecule has 1 aromatic heterocycles. The number of carbonyl (C=O) groups is 1. The number of thiazole rings is 1. The predicted octanol–water partition coefficient (Wildman–Crippen LogP) is 5.07. The normalized spacial score (nSPS) is 10.5. The zero-order chi connectivity index (χ0) is 17.8. The number of aryl methyl sites for hydroxylation is 1. The third-order valence-electron chi connectivity index (χ3n) is 3.73. The third-order valence-corrected chi connectivity index (χ3v) is 5.43. The Bertz CT molecular complexity index is 891. The molecule has 0 aliphatic rings. The number of aromatic nitrogens is 1. The summed E-state index contributed by atoms with van der Waals surface area (Å²) in [5.41, 5.74) is 3.43. The minimum Gasteiger partial charge on any atom is -0.497 e. The molecule has 0 radical (unpaired) electrons. The first kappa shape index (κ1) is 17.6. The average molecular weight is 417 g/mol. The molecule has 0 saturated carbocycles. The molecule has 0 bridgehead atoms. The molecule has 0 atom stereocenters. The first-order chi connectivity index (χ1) is 12.0. The van der Waals surface area contributed by atoms with E-state index in [1.165, 1.54) is 11.3 Å². The topological polar surface area (TPSA) is 51.2 Å². The summed E-state index contributed by atoms with van der Waals surface area (Å²) >= 11 is 4.96. The van der Waals surface area contributed by atoms with E-state index in [1.54, 1.807) is 12.5 Å². The van der Waals surface area contributed by atoms with Gasteiger partial charge in [-0.15, -0.1) is 11.3 Å². The number of ether oxygens (including phenoxy) is 1. The van der Waals surface area contributed by atoms with Crippen LogP contribution in [0.15, 0.2) is 52.3 Å². The van der Waals surface area contributed by atoms with Crippen LogP contribution in [0.4, 0.5) is 5.69 Å². The van der Waals surface area contributed by atoms with Crippen molar-refractivity contribution in [3.8, 4) is 5.75 Å². The first-order valence-electron chi connectivity index (χ1n) is 7.70. The lowest BCUT2D eigenvalue weighted by Gasteiger charge is -2.05. The van der Waals surface area contributed by atoms with Gasteiger partial charge in [-0.3, -0.25) is 4.79 Å². The van der Waals surface area contributed by atoms with E-state index in [1.807, 2.05) is 49.4 Å². The van der Waals surface area contributed by atoms with Crippen LogP contribution in [0.3, 0.4) is 0 Å². The summed E-state index contributed by atoms with van der Waals surface area (Å²) in [7, 11) is 1.65. The van der Waals surface area contributed by atoms with Crippen LogP contribution in [0.2, 0.25) is 0 Å². The van der Waals surface area contributed by atoms with E-state index in [-0.39, 0.29) is 5.91 Å². The van der Waals surface area contributed by atoms with Crippen molar-refractivity contribution < 1.29 is 9.53 Å². The molecule has 25 heavy (non-hydrogen) atoms. The zero-order valence-electron chi connectivity index (χ0n) is 13.9. The number of benzene rings is 2. The molecule has 4 nitrogen and oxygen atoms in total. The van der Waals surface area contributed by atoms with Crippen LogP contribution in [-0.2, 0) is 6.42 Å². The molecular weight excluding hydrogens is 400 g/mol. The van der Waals surface area contributed by atoms with Crippen LogP contribution in [0.5, 0.6) is 5.75 Å². The second-order valence-electron chi connectivity index (χ2n) is 5.57. The Labute approximate surface area is 159 Å². The van der Waals surface area contributed by atoms with Gasteiger partial charge in [-0.05, 0) is 42.3 Å². The number of nitrogens with one attached hydrogen (secondary N) is 1. The molecule has 0 fully saturated rings. The van der Waals surface area contributed by atoms with E-state index >= 15 is 0 Å². The highest BCUT2D eigenvalue weighted by Crippen LogP contribution is 2.22. The maximum atomic E-state index is 12.4. The van der Waals surface area contributed by atoms with Gasteiger partial charge in [0.2, 0.25) is 0 Å². The van der Waals surface area contributed by atoms with Crippen LogP contribution in [-0.4, -0.2) is 18.0 Å². The van der Waals surface area contributed by atoms with Gasteiger partial charge in [0, 0.05) is 22.0 Å². The number of hydrogen-bond acceptors (Lipinski definition) is 4. The standard InChI is InChI=1S/C19H17BrN2O2S/c1-12-3-6-14(10-16(12)20)21-19(23)17-11-25-18(22-17)9-13-4-7-15(24-2)8-5-13/h3-8,10-11H,9H2,1-2H3,(H,21,23). The Morgan fingerprint density at radius 1 is 1.24 bits per heavy atom. The second kappa shape index (κ2) is 7.80. The summed E-state index contributed by atoms with van der Waals surface area (Å²) in [6.45, 7) is 2.00. The zero-order valence-corrected chi connectivity index (χ0v) is 16.3. The van der Waals surface area contributed by atoms with Crippen molar-refractivity contribution in [3.63, 3.8) is 0 Å². The molecule has 0 aliphatic carbocycles. The van der Waals surface area contributed by atoms with Crippen molar-refractivity contribution in [1.82, 2.24) is 4.98 Å². The number of nitrogens with zero attached hydrogens (tertiary/aromatic N) is 1. The molecule has 3 aromatic rings. The van der Waals surface area contributed by atoms with Gasteiger partial charge < -0.3 is 10.1 Å². The molecule has 2 aromatic carbocycles. The molecule has 1 amide bonds. The van der Waals surface area contributed by atoms with Gasteiger partial charge >= 0.3 is 0 Å². The fourth-order valence-electron chi connectivity index (χ4n) is 2.28. The van der Waals surface area contributed by atoms with Crippen molar-refractivity contribution in [2.75, 3.05) is 12.4 Å². The van der Waals surface area contributed by atoms with Gasteiger partial charge in [-0.2, -0.15) is 0 Å². The van der Waals surface area contributed by atoms with Gasteiger partial charge in [0.25, 0.3) is 5.91 Å². The first-order valence-corrected chi connectivity index (χ1v) is 9.37. The SMILES string of the molecule is COc1ccc(Cc2nc(C(=O)Nc3ccc(C)c(Br)c3)cs2)cc1. The summed E-state index contributed by atoms with van der Waals surface area (Å²) in [5.74, 6) is 0.625. The molecule has 3 rings (SSSR count). The van der Waals surface area contributed by atoms with E-state index in [0.717, 1.165) is 32.0 Å². The van der Waals surface area contributed by atoms with Crippen LogP contribution in [0.1, 0.15) is 26.6 Å². The summed E-state index contributed by atoms with van der Waals surface area (Å²) < 4.78 is 6.12. The van der Waals surface area contributed by atoms with E-state index < -0.39 is 0 Å². The van der Waals surface area contributed by atoms with Crippen LogP contribution in [0, 0.1) is 6.92 Å². The maximum Gasteiger partial charge on any atom is 0.275 e. The number of halogens is 1. The van der Waals surface area contributed by atoms with E-state index in [9.17, 15) is 4.79 Å². The number of rotatable bonds is 5. The van der Waals surface area contributed by atoms with Crippen LogP contribution >= 0.6 is 27.3 Å². The molecule has 0 saturated heterocycles. The fourth-order valence-corrected chi connectivity index (χ4v) is 3.47. The molecule has 0 aliphatic heterocycles. The highest BCUT2D eigenvalue weighted by atomic mass is 79.9. The van der Waals surface area contributed by atoms with Crippen molar-refractivity contribution in [2.45, 2.75) is 13.3 Å². The van der Waals surface area contributed by atoms with Gasteiger partial charge in [0.15, 0.2) is 0 Å². The number of hydrogen-bond donors (Lipinski definition) is 1. The molecule has 1 N–H and O–H groups in total. The van der Waals surface area contributed by atoms with Gasteiger partial charge in [0.05, 0.1) is 12.1 Å². The predicted molar refractivity (Wildman–Crippen MR) is 105 cm³/mol. The quantitative estimate of drug-likeness (QED) is 0.631. The Kier molecular flexibility index (Phi) is 5.50. The van der Waals surface area contributed by atoms with Gasteiger partial charge in [-0.1, -0.05) is 34.1 Å². The summed E-state index contributed by atoms with van der Waals surface area (Å²) in [5, 5.41) is 5.57. The number of methoxy groups -OCH3 is 1. The Morgan fingerprint density at radius 3 is 2.68 bits per heavy atom. The minimum absolute atomic E-state index is 0.201. The lowest BCUT2D eigenvalue weighted by molar-refractivity contribution is 0.102. The van der Waals surface area contributed by atoms with Gasteiger partial charge in [-0.25, -0.2) is 4.98 Å². The van der Waals surface area contributed by atoms with Crippen LogP contribution in [0.25, 0.3) is 0 Å². The summed E-state index contributed by atoms with van der Waals surface area (Å²) in [6, 6.07) is 13.6. The second-order valence-corrected chi connectivity index (χ2v) is 7.37. The van der Waals surface area contributed by atoms with Crippen molar-refractivity contribution in [3.05, 3.63) is 74.1 Å². The maximum absolute atomic E-state index is 12.4. The molecule has 6 heteroatoms. The Balaban J connectivity index is 1.67. The average Bonchev–Trinajstić information content (AvgIpc) is 3.07. The molecule has 0 spiro atoms. The highest BCUT2D eigenvalue weighted by molar-refractivity contribution is 9.10. The molecule has 0 unspecified atom stereocenters. The van der Waals surface area contributed by atoms with E-state index in [4.69, 9.17) is 4.74 Å². The number of carbonyl (C=O) groups excluding carboxylic acids is 1. The van der Waals surface area contributed by atoms with E-state index in [2.05, 4.69) is 26.2 Å².